The smallest absolute Gasteiger partial charge is 0.0794 e. The summed E-state index contributed by atoms with van der Waals surface area (Å²) in [5, 5.41) is 4.24. The summed E-state index contributed by atoms with van der Waals surface area (Å²) in [5.74, 6) is 0. The molecule has 0 saturated carbocycles. The molecule has 6 rings (SSSR count). The third-order valence-electron chi connectivity index (χ3n) is 6.19. The van der Waals surface area contributed by atoms with Gasteiger partial charge in [0.15, 0.2) is 0 Å². The van der Waals surface area contributed by atoms with E-state index in [1.807, 2.05) is 47.9 Å². The predicted molar refractivity (Wildman–Crippen MR) is 162 cm³/mol. The number of hydrogen-bond acceptors (Lipinski definition) is 3. The summed E-state index contributed by atoms with van der Waals surface area (Å²) in [6, 6.07) is 32.4. The van der Waals surface area contributed by atoms with Gasteiger partial charge in [0, 0.05) is 41.3 Å². The number of thiophene rings is 1. The van der Waals surface area contributed by atoms with Gasteiger partial charge in [0.05, 0.1) is 8.07 Å². The van der Waals surface area contributed by atoms with E-state index in [0.29, 0.717) is 0 Å². The van der Waals surface area contributed by atoms with Gasteiger partial charge in [-0.2, -0.15) is 11.3 Å². The summed E-state index contributed by atoms with van der Waals surface area (Å²) in [7, 11) is -1.38. The minimum absolute atomic E-state index is 0. The van der Waals surface area contributed by atoms with Crippen molar-refractivity contribution in [1.29, 1.82) is 0 Å². The van der Waals surface area contributed by atoms with Gasteiger partial charge in [-0.05, 0) is 52.1 Å². The van der Waals surface area contributed by atoms with Gasteiger partial charge in [-0.25, -0.2) is 0 Å². The number of hydrogen-bond donors (Lipinski definition) is 0. The van der Waals surface area contributed by atoms with Gasteiger partial charge in [-0.3, -0.25) is 0 Å². The first-order valence-corrected chi connectivity index (χ1v) is 16.6. The zero-order valence-electron chi connectivity index (χ0n) is 24.8. The molecule has 0 fully saturated rings. The fourth-order valence-corrected chi connectivity index (χ4v) is 8.03. The van der Waals surface area contributed by atoms with Gasteiger partial charge < -0.3 is 9.97 Å². The van der Waals surface area contributed by atoms with Crippen LogP contribution < -0.4 is 5.19 Å². The van der Waals surface area contributed by atoms with E-state index >= 15 is 0 Å². The van der Waals surface area contributed by atoms with Gasteiger partial charge >= 0.3 is 0 Å². The van der Waals surface area contributed by atoms with Crippen LogP contribution in [0.25, 0.3) is 42.7 Å². The van der Waals surface area contributed by atoms with E-state index in [0.717, 1.165) is 22.5 Å². The van der Waals surface area contributed by atoms with Gasteiger partial charge in [0.25, 0.3) is 0 Å². The Bertz CT molecular complexity index is 1780. The van der Waals surface area contributed by atoms with E-state index in [2.05, 4.69) is 79.0 Å². The van der Waals surface area contributed by atoms with E-state index in [1.54, 1.807) is 23.4 Å². The number of nitrogens with zero attached hydrogens (tertiary/aromatic N) is 2. The average molecular weight is 710 g/mol. The van der Waals surface area contributed by atoms with Crippen LogP contribution in [-0.4, -0.2) is 18.0 Å². The summed E-state index contributed by atoms with van der Waals surface area (Å²) in [5.41, 5.74) is 5.22. The molecule has 193 valence electrons. The minimum atomic E-state index is -2.09. The molecule has 0 aliphatic carbocycles. The first-order chi connectivity index (χ1) is 19.0. The minimum Gasteiger partial charge on any atom is -0.305 e. The van der Waals surface area contributed by atoms with E-state index in [-0.39, 0.29) is 25.7 Å². The standard InChI is InChI=1S/C21H20NSSi.C12H10N.Ir/c1-14-11-12-22-18(13-14)17-9-5-7-15-16-8-6-10-19(24(2,3)4)21(16)23-20(15)17;1-10-7-8-12(13-9-10)11-5-3-2-4-6-11;/h5-8,10-13H,1-4H3;2-5,7-9H,1H3;/q2*-1;/i;1D3;. The Hall–Kier alpha value is -2.95. The molecule has 3 aromatic heterocycles. The molecule has 3 heterocycles. The molecule has 0 saturated heterocycles. The zero-order valence-corrected chi connectivity index (χ0v) is 26.0. The molecular formula is C33H30IrN2SSi-2. The fraction of sp³-hybridized carbons (Fsp3) is 0.152. The second-order valence-electron chi connectivity index (χ2n) is 10.1. The van der Waals surface area contributed by atoms with Crippen molar-refractivity contribution in [1.82, 2.24) is 9.97 Å². The maximum absolute atomic E-state index is 7.23. The molecular weight excluding hydrogens is 677 g/mol. The second-order valence-corrected chi connectivity index (χ2v) is 16.1. The molecule has 0 aliphatic rings. The number of aromatic nitrogens is 2. The normalized spacial score (nSPS) is 12.6. The molecule has 5 heteroatoms. The Kier molecular flexibility index (Phi) is 7.51. The van der Waals surface area contributed by atoms with Crippen molar-refractivity contribution < 1.29 is 24.2 Å². The van der Waals surface area contributed by atoms with Crippen molar-refractivity contribution in [3.8, 4) is 22.5 Å². The molecule has 3 aromatic carbocycles. The average Bonchev–Trinajstić information content (AvgIpc) is 3.32. The van der Waals surface area contributed by atoms with Crippen LogP contribution in [0, 0.1) is 25.9 Å². The van der Waals surface area contributed by atoms with Gasteiger partial charge in [-0.15, -0.1) is 59.7 Å². The van der Waals surface area contributed by atoms with Crippen molar-refractivity contribution >= 4 is 44.8 Å². The van der Waals surface area contributed by atoms with Crippen molar-refractivity contribution in [3.05, 3.63) is 115 Å². The van der Waals surface area contributed by atoms with Crippen LogP contribution in [-0.2, 0) is 20.1 Å². The SMILES string of the molecule is Cc1ccnc(-c2[c-]ccc3c2sc2c([Si](C)(C)C)cccc23)c1.[2H]C([2H])([2H])c1ccc(-c2[c-]cccc2)nc1.[Ir]. The molecule has 38 heavy (non-hydrogen) atoms. The maximum Gasteiger partial charge on any atom is 0.0794 e. The monoisotopic (exact) mass is 710 g/mol. The number of benzene rings is 3. The summed E-state index contributed by atoms with van der Waals surface area (Å²) in [4.78, 5) is 8.71. The summed E-state index contributed by atoms with van der Waals surface area (Å²) < 4.78 is 24.4. The van der Waals surface area contributed by atoms with Crippen LogP contribution in [0.1, 0.15) is 15.2 Å². The van der Waals surface area contributed by atoms with Crippen molar-refractivity contribution in [3.63, 3.8) is 0 Å². The number of aryl methyl sites for hydroxylation is 2. The first kappa shape index (κ1) is 24.1. The van der Waals surface area contributed by atoms with Gasteiger partial charge in [0.2, 0.25) is 0 Å². The van der Waals surface area contributed by atoms with E-state index in [1.165, 1.54) is 31.9 Å². The molecule has 0 atom stereocenters. The molecule has 0 N–H and O–H groups in total. The van der Waals surface area contributed by atoms with Gasteiger partial charge in [0.1, 0.15) is 0 Å². The number of rotatable bonds is 3. The summed E-state index contributed by atoms with van der Waals surface area (Å²) >= 11 is 1.91. The molecule has 0 spiro atoms. The Balaban J connectivity index is 0.000000200. The molecule has 0 aliphatic heterocycles. The maximum atomic E-state index is 7.23. The van der Waals surface area contributed by atoms with Gasteiger partial charge in [-0.1, -0.05) is 67.0 Å². The second kappa shape index (κ2) is 11.8. The van der Waals surface area contributed by atoms with Crippen LogP contribution in [0.4, 0.5) is 0 Å². The molecule has 0 bridgehead atoms. The molecule has 1 radical (unpaired) electrons. The van der Waals surface area contributed by atoms with Crippen molar-refractivity contribution in [2.45, 2.75) is 33.4 Å². The van der Waals surface area contributed by atoms with Crippen molar-refractivity contribution in [2.75, 3.05) is 0 Å². The Morgan fingerprint density at radius 2 is 1.63 bits per heavy atom. The molecule has 6 aromatic rings. The fourth-order valence-electron chi connectivity index (χ4n) is 4.32. The van der Waals surface area contributed by atoms with Crippen LogP contribution in [0.2, 0.25) is 19.6 Å². The van der Waals surface area contributed by atoms with Crippen LogP contribution in [0.3, 0.4) is 0 Å². The largest absolute Gasteiger partial charge is 0.305 e. The van der Waals surface area contributed by atoms with Crippen molar-refractivity contribution in [2.24, 2.45) is 0 Å². The summed E-state index contributed by atoms with van der Waals surface area (Å²) in [6.45, 7) is 7.27. The third kappa shape index (κ3) is 6.03. The topological polar surface area (TPSA) is 25.8 Å². The quantitative estimate of drug-likeness (QED) is 0.136. The zero-order chi connectivity index (χ0) is 28.5. The number of pyridine rings is 2. The Labute approximate surface area is 248 Å². The number of fused-ring (bicyclic) bond motifs is 3. The first-order valence-electron chi connectivity index (χ1n) is 13.8. The molecule has 0 unspecified atom stereocenters. The summed E-state index contributed by atoms with van der Waals surface area (Å²) in [6.07, 6.45) is 3.28. The molecule has 2 nitrogen and oxygen atoms in total. The van der Waals surface area contributed by atoms with Crippen LogP contribution >= 0.6 is 11.3 Å². The van der Waals surface area contributed by atoms with E-state index in [9.17, 15) is 0 Å². The van der Waals surface area contributed by atoms with Crippen LogP contribution in [0.15, 0.2) is 91.3 Å². The Morgan fingerprint density at radius 3 is 2.32 bits per heavy atom. The van der Waals surface area contributed by atoms with E-state index < -0.39 is 14.9 Å². The third-order valence-corrected chi connectivity index (χ3v) is 9.67. The predicted octanol–water partition coefficient (Wildman–Crippen LogP) is 8.63. The molecule has 0 amide bonds. The van der Waals surface area contributed by atoms with Crippen LogP contribution in [0.5, 0.6) is 0 Å². The Morgan fingerprint density at radius 1 is 0.789 bits per heavy atom. The van der Waals surface area contributed by atoms with E-state index in [4.69, 9.17) is 4.11 Å².